The Morgan fingerprint density at radius 1 is 1.20 bits per heavy atom. The Balaban J connectivity index is 2.10. The van der Waals surface area contributed by atoms with E-state index in [1.165, 1.54) is 0 Å². The number of carboxylic acid groups (broad SMARTS) is 1. The molecule has 0 saturated heterocycles. The van der Waals surface area contributed by atoms with Crippen LogP contribution < -0.4 is 5.32 Å². The third-order valence-corrected chi connectivity index (χ3v) is 3.52. The van der Waals surface area contributed by atoms with Gasteiger partial charge in [-0.05, 0) is 35.7 Å². The Bertz CT molecular complexity index is 626. The summed E-state index contributed by atoms with van der Waals surface area (Å²) in [4.78, 5) is 10.8. The fourth-order valence-electron chi connectivity index (χ4n) is 1.97. The molecular weight excluding hydrogens is 274 g/mol. The molecule has 0 aromatic heterocycles. The van der Waals surface area contributed by atoms with Gasteiger partial charge in [0.2, 0.25) is 0 Å². The quantitative estimate of drug-likeness (QED) is 0.878. The molecule has 0 atom stereocenters. The Labute approximate surface area is 123 Å². The highest BCUT2D eigenvalue weighted by molar-refractivity contribution is 6.31. The number of halogens is 1. The molecule has 3 nitrogen and oxygen atoms in total. The average Bonchev–Trinajstić information content (AvgIpc) is 2.41. The molecule has 0 aliphatic heterocycles. The number of hydrogen-bond acceptors (Lipinski definition) is 2. The van der Waals surface area contributed by atoms with Crippen molar-refractivity contribution in [2.75, 3.05) is 5.32 Å². The van der Waals surface area contributed by atoms with Gasteiger partial charge < -0.3 is 10.4 Å². The van der Waals surface area contributed by atoms with Crippen molar-refractivity contribution in [3.63, 3.8) is 0 Å². The highest BCUT2D eigenvalue weighted by Gasteiger charge is 2.06. The highest BCUT2D eigenvalue weighted by Crippen LogP contribution is 2.21. The van der Waals surface area contributed by atoms with Crippen LogP contribution in [0, 0.1) is 6.92 Å². The van der Waals surface area contributed by atoms with Crippen LogP contribution in [0.3, 0.4) is 0 Å². The normalized spacial score (nSPS) is 10.3. The smallest absolute Gasteiger partial charge is 0.307 e. The van der Waals surface area contributed by atoms with Crippen molar-refractivity contribution in [1.82, 2.24) is 0 Å². The van der Waals surface area contributed by atoms with Gasteiger partial charge in [0.25, 0.3) is 0 Å². The van der Waals surface area contributed by atoms with Gasteiger partial charge in [0.15, 0.2) is 0 Å². The van der Waals surface area contributed by atoms with Gasteiger partial charge in [-0.25, -0.2) is 0 Å². The zero-order chi connectivity index (χ0) is 14.5. The van der Waals surface area contributed by atoms with Crippen molar-refractivity contribution in [2.45, 2.75) is 19.9 Å². The Kier molecular flexibility index (Phi) is 4.64. The van der Waals surface area contributed by atoms with Crippen molar-refractivity contribution in [3.8, 4) is 0 Å². The second kappa shape index (κ2) is 6.44. The molecule has 2 N–H and O–H groups in total. The molecule has 2 rings (SSSR count). The highest BCUT2D eigenvalue weighted by atomic mass is 35.5. The van der Waals surface area contributed by atoms with Crippen LogP contribution in [-0.2, 0) is 17.8 Å². The third kappa shape index (κ3) is 3.75. The summed E-state index contributed by atoms with van der Waals surface area (Å²) in [7, 11) is 0. The predicted molar refractivity (Wildman–Crippen MR) is 81.3 cm³/mol. The van der Waals surface area contributed by atoms with Gasteiger partial charge in [0.1, 0.15) is 0 Å². The zero-order valence-electron chi connectivity index (χ0n) is 11.2. The van der Waals surface area contributed by atoms with Gasteiger partial charge in [-0.3, -0.25) is 4.79 Å². The molecule has 0 heterocycles. The van der Waals surface area contributed by atoms with Gasteiger partial charge in [0.05, 0.1) is 6.42 Å². The topological polar surface area (TPSA) is 49.3 Å². The van der Waals surface area contributed by atoms with Gasteiger partial charge in [-0.2, -0.15) is 0 Å². The maximum absolute atomic E-state index is 10.8. The molecule has 104 valence electrons. The van der Waals surface area contributed by atoms with E-state index in [-0.39, 0.29) is 6.42 Å². The first kappa shape index (κ1) is 14.4. The van der Waals surface area contributed by atoms with E-state index in [0.717, 1.165) is 22.4 Å². The number of aliphatic carboxylic acids is 1. The summed E-state index contributed by atoms with van der Waals surface area (Å²) in [6.45, 7) is 2.52. The molecule has 0 fully saturated rings. The summed E-state index contributed by atoms with van der Waals surface area (Å²) in [6, 6.07) is 13.3. The Morgan fingerprint density at radius 3 is 2.55 bits per heavy atom. The lowest BCUT2D eigenvalue weighted by molar-refractivity contribution is -0.136. The molecule has 0 saturated carbocycles. The van der Waals surface area contributed by atoms with Crippen LogP contribution in [-0.4, -0.2) is 11.1 Å². The van der Waals surface area contributed by atoms with Crippen LogP contribution in [0.2, 0.25) is 5.02 Å². The molecule has 0 unspecified atom stereocenters. The monoisotopic (exact) mass is 289 g/mol. The lowest BCUT2D eigenvalue weighted by Crippen LogP contribution is -2.07. The number of aryl methyl sites for hydroxylation is 1. The molecule has 2 aromatic rings. The molecule has 2 aromatic carbocycles. The van der Waals surface area contributed by atoms with E-state index in [9.17, 15) is 4.79 Å². The van der Waals surface area contributed by atoms with E-state index in [1.807, 2.05) is 49.4 Å². The number of carbonyl (C=O) groups is 1. The zero-order valence-corrected chi connectivity index (χ0v) is 11.9. The maximum atomic E-state index is 10.8. The Hall–Kier alpha value is -2.00. The average molecular weight is 290 g/mol. The summed E-state index contributed by atoms with van der Waals surface area (Å²) >= 11 is 6.08. The minimum absolute atomic E-state index is 0.0342. The first-order chi connectivity index (χ1) is 9.56. The number of nitrogens with one attached hydrogen (secondary N) is 1. The molecule has 0 amide bonds. The minimum atomic E-state index is -0.823. The number of carboxylic acids is 1. The van der Waals surface area contributed by atoms with Crippen molar-refractivity contribution in [3.05, 3.63) is 64.2 Å². The first-order valence-corrected chi connectivity index (χ1v) is 6.72. The van der Waals surface area contributed by atoms with Crippen LogP contribution in [0.5, 0.6) is 0 Å². The summed E-state index contributed by atoms with van der Waals surface area (Å²) in [5.74, 6) is -0.823. The fourth-order valence-corrected chi connectivity index (χ4v) is 2.15. The summed E-state index contributed by atoms with van der Waals surface area (Å²) in [5.41, 5.74) is 3.76. The first-order valence-electron chi connectivity index (χ1n) is 6.35. The molecular formula is C16H16ClNO2. The lowest BCUT2D eigenvalue weighted by Gasteiger charge is -2.11. The summed E-state index contributed by atoms with van der Waals surface area (Å²) in [6.07, 6.45) is 0.0342. The fraction of sp³-hybridized carbons (Fsp3) is 0.188. The van der Waals surface area contributed by atoms with Crippen molar-refractivity contribution >= 4 is 23.3 Å². The summed E-state index contributed by atoms with van der Waals surface area (Å²) < 4.78 is 0. The number of benzene rings is 2. The van der Waals surface area contributed by atoms with E-state index in [1.54, 1.807) is 0 Å². The van der Waals surface area contributed by atoms with Crippen molar-refractivity contribution < 1.29 is 9.90 Å². The summed E-state index contributed by atoms with van der Waals surface area (Å²) in [5, 5.41) is 12.9. The van der Waals surface area contributed by atoms with Crippen LogP contribution in [0.4, 0.5) is 5.69 Å². The second-order valence-electron chi connectivity index (χ2n) is 4.66. The SMILES string of the molecule is Cc1ccc(NCc2ccccc2CC(=O)O)cc1Cl. The second-order valence-corrected chi connectivity index (χ2v) is 5.06. The molecule has 0 aliphatic rings. The van der Waals surface area contributed by atoms with E-state index < -0.39 is 5.97 Å². The van der Waals surface area contributed by atoms with Crippen LogP contribution in [0.25, 0.3) is 0 Å². The van der Waals surface area contributed by atoms with Crippen molar-refractivity contribution in [2.24, 2.45) is 0 Å². The van der Waals surface area contributed by atoms with E-state index in [2.05, 4.69) is 5.32 Å². The molecule has 20 heavy (non-hydrogen) atoms. The number of hydrogen-bond donors (Lipinski definition) is 2. The van der Waals surface area contributed by atoms with Crippen LogP contribution in [0.15, 0.2) is 42.5 Å². The van der Waals surface area contributed by atoms with Gasteiger partial charge in [0, 0.05) is 17.3 Å². The maximum Gasteiger partial charge on any atom is 0.307 e. The van der Waals surface area contributed by atoms with Crippen molar-refractivity contribution in [1.29, 1.82) is 0 Å². The molecule has 4 heteroatoms. The number of rotatable bonds is 5. The largest absolute Gasteiger partial charge is 0.481 e. The van der Waals surface area contributed by atoms with E-state index >= 15 is 0 Å². The van der Waals surface area contributed by atoms with Crippen LogP contribution in [0.1, 0.15) is 16.7 Å². The predicted octanol–water partition coefficient (Wildman–Crippen LogP) is 3.89. The molecule has 0 radical (unpaired) electrons. The number of anilines is 1. The van der Waals surface area contributed by atoms with Gasteiger partial charge in [-0.15, -0.1) is 0 Å². The third-order valence-electron chi connectivity index (χ3n) is 3.11. The van der Waals surface area contributed by atoms with Gasteiger partial charge >= 0.3 is 5.97 Å². The Morgan fingerprint density at radius 2 is 1.90 bits per heavy atom. The molecule has 0 spiro atoms. The minimum Gasteiger partial charge on any atom is -0.481 e. The lowest BCUT2D eigenvalue weighted by atomic mass is 10.0. The molecule has 0 aliphatic carbocycles. The standard InChI is InChI=1S/C16H16ClNO2/c1-11-6-7-14(9-15(11)17)18-10-13-5-3-2-4-12(13)8-16(19)20/h2-7,9,18H,8,10H2,1H3,(H,19,20). The van der Waals surface area contributed by atoms with Crippen LogP contribution >= 0.6 is 11.6 Å². The van der Waals surface area contributed by atoms with E-state index in [4.69, 9.17) is 16.7 Å². The van der Waals surface area contributed by atoms with Gasteiger partial charge in [-0.1, -0.05) is 41.9 Å². The van der Waals surface area contributed by atoms with E-state index in [0.29, 0.717) is 11.6 Å². The molecule has 0 bridgehead atoms.